The van der Waals surface area contributed by atoms with E-state index in [0.717, 1.165) is 11.3 Å². The predicted octanol–water partition coefficient (Wildman–Crippen LogP) is 3.38. The van der Waals surface area contributed by atoms with Gasteiger partial charge in [0.25, 0.3) is 5.91 Å². The lowest BCUT2D eigenvalue weighted by atomic mass is 10.1. The SMILES string of the molecule is CCOc1ccc(/C=N\NC(=O)c2cc(-c3ccc(F)cc3)n[nH]2)cc1. The molecule has 0 spiro atoms. The van der Waals surface area contributed by atoms with Gasteiger partial charge in [0.2, 0.25) is 0 Å². The molecule has 1 amide bonds. The second-order valence-corrected chi connectivity index (χ2v) is 5.37. The average molecular weight is 352 g/mol. The molecule has 1 heterocycles. The molecule has 0 aliphatic heterocycles. The number of carbonyl (C=O) groups excluding carboxylic acids is 1. The van der Waals surface area contributed by atoms with E-state index in [1.165, 1.54) is 18.3 Å². The molecule has 0 atom stereocenters. The molecule has 0 radical (unpaired) electrons. The maximum Gasteiger partial charge on any atom is 0.289 e. The minimum absolute atomic E-state index is 0.258. The first-order valence-corrected chi connectivity index (χ1v) is 8.03. The van der Waals surface area contributed by atoms with E-state index in [9.17, 15) is 9.18 Å². The molecule has 0 aliphatic carbocycles. The van der Waals surface area contributed by atoms with Gasteiger partial charge in [0.15, 0.2) is 0 Å². The largest absolute Gasteiger partial charge is 0.494 e. The highest BCUT2D eigenvalue weighted by molar-refractivity contribution is 5.94. The Morgan fingerprint density at radius 1 is 1.23 bits per heavy atom. The maximum atomic E-state index is 13.0. The Hall–Kier alpha value is -3.48. The van der Waals surface area contributed by atoms with Gasteiger partial charge in [0.05, 0.1) is 18.5 Å². The summed E-state index contributed by atoms with van der Waals surface area (Å²) < 4.78 is 18.3. The van der Waals surface area contributed by atoms with Gasteiger partial charge < -0.3 is 4.74 Å². The fourth-order valence-corrected chi connectivity index (χ4v) is 2.25. The number of rotatable bonds is 6. The highest BCUT2D eigenvalue weighted by Gasteiger charge is 2.10. The smallest absolute Gasteiger partial charge is 0.289 e. The van der Waals surface area contributed by atoms with Crippen molar-refractivity contribution in [2.45, 2.75) is 6.92 Å². The monoisotopic (exact) mass is 352 g/mol. The fraction of sp³-hybridized carbons (Fsp3) is 0.105. The highest BCUT2D eigenvalue weighted by atomic mass is 19.1. The number of ether oxygens (including phenoxy) is 1. The zero-order valence-corrected chi connectivity index (χ0v) is 14.1. The van der Waals surface area contributed by atoms with Crippen LogP contribution in [0.25, 0.3) is 11.3 Å². The summed E-state index contributed by atoms with van der Waals surface area (Å²) in [5, 5.41) is 10.6. The summed E-state index contributed by atoms with van der Waals surface area (Å²) in [5.74, 6) is 0.0263. The van der Waals surface area contributed by atoms with E-state index in [1.54, 1.807) is 18.2 Å². The number of hydrogen-bond donors (Lipinski definition) is 2. The topological polar surface area (TPSA) is 79.4 Å². The third-order valence-corrected chi connectivity index (χ3v) is 3.53. The van der Waals surface area contributed by atoms with Crippen molar-refractivity contribution in [3.8, 4) is 17.0 Å². The van der Waals surface area contributed by atoms with Crippen molar-refractivity contribution in [2.24, 2.45) is 5.10 Å². The Balaban J connectivity index is 1.60. The number of halogens is 1. The van der Waals surface area contributed by atoms with Gasteiger partial charge in [-0.15, -0.1) is 0 Å². The molecule has 0 aliphatic rings. The maximum absolute atomic E-state index is 13.0. The third-order valence-electron chi connectivity index (χ3n) is 3.53. The van der Waals surface area contributed by atoms with Crippen molar-refractivity contribution >= 4 is 12.1 Å². The number of aromatic nitrogens is 2. The van der Waals surface area contributed by atoms with E-state index in [-0.39, 0.29) is 11.5 Å². The van der Waals surface area contributed by atoms with Gasteiger partial charge in [-0.05, 0) is 67.1 Å². The number of H-pyrrole nitrogens is 1. The summed E-state index contributed by atoms with van der Waals surface area (Å²) >= 11 is 0. The van der Waals surface area contributed by atoms with Crippen LogP contribution in [0, 0.1) is 5.82 Å². The fourth-order valence-electron chi connectivity index (χ4n) is 2.25. The molecular formula is C19H17FN4O2. The number of nitrogens with zero attached hydrogens (tertiary/aromatic N) is 2. The molecule has 0 saturated heterocycles. The molecule has 26 heavy (non-hydrogen) atoms. The Labute approximate surface area is 149 Å². The summed E-state index contributed by atoms with van der Waals surface area (Å²) in [6.45, 7) is 2.52. The van der Waals surface area contributed by atoms with Crippen molar-refractivity contribution in [3.05, 3.63) is 71.7 Å². The first kappa shape index (κ1) is 17.3. The number of nitrogens with one attached hydrogen (secondary N) is 2. The molecule has 0 saturated carbocycles. The van der Waals surface area contributed by atoms with Gasteiger partial charge in [-0.2, -0.15) is 10.2 Å². The molecular weight excluding hydrogens is 335 g/mol. The van der Waals surface area contributed by atoms with Crippen LogP contribution < -0.4 is 10.2 Å². The lowest BCUT2D eigenvalue weighted by Gasteiger charge is -2.02. The number of benzene rings is 2. The Bertz CT molecular complexity index is 902. The van der Waals surface area contributed by atoms with Crippen LogP contribution in [0.2, 0.25) is 0 Å². The van der Waals surface area contributed by atoms with Crippen molar-refractivity contribution in [1.82, 2.24) is 15.6 Å². The van der Waals surface area contributed by atoms with Crippen LogP contribution >= 0.6 is 0 Å². The summed E-state index contributed by atoms with van der Waals surface area (Å²) in [5.41, 5.74) is 4.77. The second kappa shape index (κ2) is 8.06. The molecule has 0 bridgehead atoms. The van der Waals surface area contributed by atoms with Gasteiger partial charge in [-0.3, -0.25) is 9.89 Å². The minimum Gasteiger partial charge on any atom is -0.494 e. The van der Waals surface area contributed by atoms with Gasteiger partial charge >= 0.3 is 0 Å². The lowest BCUT2D eigenvalue weighted by Crippen LogP contribution is -2.17. The number of aromatic amines is 1. The molecule has 2 aromatic carbocycles. The van der Waals surface area contributed by atoms with Gasteiger partial charge in [-0.25, -0.2) is 9.82 Å². The molecule has 3 rings (SSSR count). The lowest BCUT2D eigenvalue weighted by molar-refractivity contribution is 0.0950. The molecule has 132 valence electrons. The van der Waals surface area contributed by atoms with E-state index in [2.05, 4.69) is 20.7 Å². The van der Waals surface area contributed by atoms with Gasteiger partial charge in [-0.1, -0.05) is 0 Å². The molecule has 7 heteroatoms. The number of carbonyl (C=O) groups is 1. The molecule has 0 fully saturated rings. The third kappa shape index (κ3) is 4.32. The Morgan fingerprint density at radius 2 is 1.96 bits per heavy atom. The van der Waals surface area contributed by atoms with E-state index < -0.39 is 5.91 Å². The van der Waals surface area contributed by atoms with Crippen molar-refractivity contribution < 1.29 is 13.9 Å². The minimum atomic E-state index is -0.423. The van der Waals surface area contributed by atoms with E-state index in [4.69, 9.17) is 4.74 Å². The number of hydrogen-bond acceptors (Lipinski definition) is 4. The van der Waals surface area contributed by atoms with Crippen LogP contribution in [0.5, 0.6) is 5.75 Å². The Kier molecular flexibility index (Phi) is 5.38. The van der Waals surface area contributed by atoms with Crippen molar-refractivity contribution in [3.63, 3.8) is 0 Å². The molecule has 0 unspecified atom stereocenters. The summed E-state index contributed by atoms with van der Waals surface area (Å²) in [6, 6.07) is 14.8. The highest BCUT2D eigenvalue weighted by Crippen LogP contribution is 2.18. The van der Waals surface area contributed by atoms with Crippen LogP contribution in [0.4, 0.5) is 4.39 Å². The van der Waals surface area contributed by atoms with Gasteiger partial charge in [0.1, 0.15) is 17.3 Å². The van der Waals surface area contributed by atoms with E-state index >= 15 is 0 Å². The van der Waals surface area contributed by atoms with Crippen LogP contribution in [-0.2, 0) is 0 Å². The number of amides is 1. The van der Waals surface area contributed by atoms with Crippen LogP contribution in [-0.4, -0.2) is 28.9 Å². The van der Waals surface area contributed by atoms with Crippen LogP contribution in [0.3, 0.4) is 0 Å². The van der Waals surface area contributed by atoms with Crippen molar-refractivity contribution in [2.75, 3.05) is 6.61 Å². The summed E-state index contributed by atoms with van der Waals surface area (Å²) in [4.78, 5) is 12.1. The number of hydrazone groups is 1. The first-order valence-electron chi connectivity index (χ1n) is 8.03. The average Bonchev–Trinajstić information content (AvgIpc) is 3.14. The van der Waals surface area contributed by atoms with Crippen molar-refractivity contribution in [1.29, 1.82) is 0 Å². The molecule has 3 aromatic rings. The molecule has 2 N–H and O–H groups in total. The predicted molar refractivity (Wildman–Crippen MR) is 96.7 cm³/mol. The zero-order chi connectivity index (χ0) is 18.4. The van der Waals surface area contributed by atoms with E-state index in [1.807, 2.05) is 31.2 Å². The first-order chi connectivity index (χ1) is 12.7. The standard InChI is InChI=1S/C19H17FN4O2/c1-2-26-16-9-3-13(4-10-16)12-21-24-19(25)18-11-17(22-23-18)14-5-7-15(20)8-6-14/h3-12H,2H2,1H3,(H,22,23)(H,24,25)/b21-12-. The van der Waals surface area contributed by atoms with Crippen LogP contribution in [0.15, 0.2) is 59.7 Å². The molecule has 1 aromatic heterocycles. The summed E-state index contributed by atoms with van der Waals surface area (Å²) in [7, 11) is 0. The Morgan fingerprint density at radius 3 is 2.65 bits per heavy atom. The molecule has 6 nitrogen and oxygen atoms in total. The van der Waals surface area contributed by atoms with Gasteiger partial charge in [0, 0.05) is 5.56 Å². The van der Waals surface area contributed by atoms with E-state index in [0.29, 0.717) is 17.9 Å². The van der Waals surface area contributed by atoms with Crippen LogP contribution in [0.1, 0.15) is 23.0 Å². The summed E-state index contributed by atoms with van der Waals surface area (Å²) in [6.07, 6.45) is 1.53. The normalized spacial score (nSPS) is 10.8. The zero-order valence-electron chi connectivity index (χ0n) is 14.1. The second-order valence-electron chi connectivity index (χ2n) is 5.37. The quantitative estimate of drug-likeness (QED) is 0.527.